The molecule has 57 heavy (non-hydrogen) atoms. The van der Waals surface area contributed by atoms with E-state index in [-0.39, 0.29) is 0 Å². The van der Waals surface area contributed by atoms with E-state index in [1.54, 1.807) is 6.33 Å². The maximum absolute atomic E-state index is 6.29. The van der Waals surface area contributed by atoms with Crippen molar-refractivity contribution in [2.75, 3.05) is 0 Å². The van der Waals surface area contributed by atoms with Crippen LogP contribution in [0.15, 0.2) is 199 Å². The van der Waals surface area contributed by atoms with Crippen LogP contribution < -0.4 is 0 Å². The molecule has 266 valence electrons. The van der Waals surface area contributed by atoms with Crippen LogP contribution in [0.25, 0.3) is 111 Å². The Balaban J connectivity index is 0.965. The van der Waals surface area contributed by atoms with Gasteiger partial charge in [0.25, 0.3) is 0 Å². The molecule has 0 amide bonds. The molecule has 0 N–H and O–H groups in total. The third-order valence-electron chi connectivity index (χ3n) is 11.4. The van der Waals surface area contributed by atoms with Crippen molar-refractivity contribution in [2.45, 2.75) is 0 Å². The minimum atomic E-state index is 0.702. The lowest BCUT2D eigenvalue weighted by Gasteiger charge is -2.12. The molecular formula is C52H32N4O. The van der Waals surface area contributed by atoms with E-state index in [0.29, 0.717) is 5.58 Å². The SMILES string of the molecule is c1ccc(-n2c3ccccc3c3cc(-c4ccc5c(c4)c4ccccc4n5-c4cccc(-c5cccc(-c6ncnc7c6oc6ccccc67)c5)c4)ccc32)cc1. The van der Waals surface area contributed by atoms with Crippen LogP contribution >= 0.6 is 0 Å². The predicted molar refractivity (Wildman–Crippen MR) is 234 cm³/mol. The smallest absolute Gasteiger partial charge is 0.180 e. The number of hydrogen-bond acceptors (Lipinski definition) is 3. The molecule has 5 heteroatoms. The molecule has 0 fully saturated rings. The zero-order valence-corrected chi connectivity index (χ0v) is 30.7. The number of furan rings is 1. The van der Waals surface area contributed by atoms with Crippen molar-refractivity contribution in [2.24, 2.45) is 0 Å². The van der Waals surface area contributed by atoms with Gasteiger partial charge in [-0.2, -0.15) is 0 Å². The summed E-state index contributed by atoms with van der Waals surface area (Å²) in [6, 6.07) is 67.2. The molecule has 4 aromatic heterocycles. The van der Waals surface area contributed by atoms with Crippen LogP contribution in [0.4, 0.5) is 0 Å². The molecule has 0 aliphatic rings. The fourth-order valence-corrected chi connectivity index (χ4v) is 8.84. The van der Waals surface area contributed by atoms with E-state index in [9.17, 15) is 0 Å². The molecule has 0 radical (unpaired) electrons. The van der Waals surface area contributed by atoms with Crippen molar-refractivity contribution in [3.63, 3.8) is 0 Å². The highest BCUT2D eigenvalue weighted by Crippen LogP contribution is 2.39. The van der Waals surface area contributed by atoms with E-state index in [0.717, 1.165) is 50.2 Å². The van der Waals surface area contributed by atoms with Gasteiger partial charge in [0.2, 0.25) is 0 Å². The van der Waals surface area contributed by atoms with E-state index in [4.69, 9.17) is 9.40 Å². The van der Waals surface area contributed by atoms with Crippen LogP contribution in [0.2, 0.25) is 0 Å². The summed E-state index contributed by atoms with van der Waals surface area (Å²) >= 11 is 0. The Kier molecular flexibility index (Phi) is 6.86. The second-order valence-electron chi connectivity index (χ2n) is 14.6. The summed E-state index contributed by atoms with van der Waals surface area (Å²) in [5.41, 5.74) is 15.7. The predicted octanol–water partition coefficient (Wildman–Crippen LogP) is 13.6. The van der Waals surface area contributed by atoms with Crippen molar-refractivity contribution in [3.05, 3.63) is 194 Å². The quantitative estimate of drug-likeness (QED) is 0.177. The maximum Gasteiger partial charge on any atom is 0.180 e. The molecular weight excluding hydrogens is 697 g/mol. The van der Waals surface area contributed by atoms with E-state index in [1.807, 2.05) is 24.3 Å². The summed E-state index contributed by atoms with van der Waals surface area (Å²) in [5, 5.41) is 5.94. The van der Waals surface area contributed by atoms with Crippen molar-refractivity contribution < 1.29 is 4.42 Å². The van der Waals surface area contributed by atoms with E-state index in [2.05, 4.69) is 178 Å². The number of hydrogen-bond donors (Lipinski definition) is 0. The van der Waals surface area contributed by atoms with Crippen molar-refractivity contribution in [1.82, 2.24) is 19.1 Å². The standard InChI is InChI=1S/C52H32N4O/c1-2-15-38(16-3-1)55-45-21-7-4-18-40(45)43-30-35(24-26-47(43)55)36-25-27-48-44(31-36)41-19-5-8-22-46(41)56(48)39-17-11-13-34(29-39)33-12-10-14-37(28-33)50-52-51(54-32-53-50)42-20-6-9-23-49(42)57-52/h1-32H. The first-order valence-corrected chi connectivity index (χ1v) is 19.2. The highest BCUT2D eigenvalue weighted by atomic mass is 16.3. The zero-order chi connectivity index (χ0) is 37.5. The average molecular weight is 729 g/mol. The highest BCUT2D eigenvalue weighted by molar-refractivity contribution is 6.13. The maximum atomic E-state index is 6.29. The minimum absolute atomic E-state index is 0.702. The van der Waals surface area contributed by atoms with Gasteiger partial charge in [0, 0.05) is 43.9 Å². The number of aromatic nitrogens is 4. The molecule has 4 heterocycles. The van der Waals surface area contributed by atoms with Gasteiger partial charge in [-0.15, -0.1) is 0 Å². The van der Waals surface area contributed by atoms with Crippen molar-refractivity contribution in [1.29, 1.82) is 0 Å². The van der Waals surface area contributed by atoms with Crippen LogP contribution in [0.1, 0.15) is 0 Å². The Bertz CT molecular complexity index is 3530. The molecule has 5 nitrogen and oxygen atoms in total. The number of para-hydroxylation sites is 4. The van der Waals surface area contributed by atoms with Gasteiger partial charge in [0.05, 0.1) is 22.1 Å². The third kappa shape index (κ3) is 4.89. The lowest BCUT2D eigenvalue weighted by Crippen LogP contribution is -1.94. The fourth-order valence-electron chi connectivity index (χ4n) is 8.84. The first kappa shape index (κ1) is 31.6. The number of nitrogens with zero attached hydrogens (tertiary/aromatic N) is 4. The van der Waals surface area contributed by atoms with Gasteiger partial charge in [-0.05, 0) is 101 Å². The largest absolute Gasteiger partial charge is 0.452 e. The van der Waals surface area contributed by atoms with Gasteiger partial charge in [-0.25, -0.2) is 9.97 Å². The summed E-state index contributed by atoms with van der Waals surface area (Å²) in [5.74, 6) is 0. The Hall–Kier alpha value is -7.76. The van der Waals surface area contributed by atoms with Gasteiger partial charge in [0.15, 0.2) is 5.58 Å². The molecule has 12 aromatic rings. The van der Waals surface area contributed by atoms with E-state index < -0.39 is 0 Å². The third-order valence-corrected chi connectivity index (χ3v) is 11.4. The Morgan fingerprint density at radius 1 is 0.351 bits per heavy atom. The molecule has 8 aromatic carbocycles. The number of rotatable bonds is 5. The Morgan fingerprint density at radius 3 is 1.60 bits per heavy atom. The van der Waals surface area contributed by atoms with Gasteiger partial charge < -0.3 is 13.6 Å². The first-order chi connectivity index (χ1) is 28.3. The molecule has 12 rings (SSSR count). The molecule has 0 unspecified atom stereocenters. The molecule has 0 saturated heterocycles. The van der Waals surface area contributed by atoms with Gasteiger partial charge in [-0.1, -0.05) is 109 Å². The fraction of sp³-hybridized carbons (Fsp3) is 0. The molecule has 0 aliphatic carbocycles. The summed E-state index contributed by atoms with van der Waals surface area (Å²) in [7, 11) is 0. The van der Waals surface area contributed by atoms with Gasteiger partial charge in [-0.3, -0.25) is 0 Å². The van der Waals surface area contributed by atoms with Crippen LogP contribution in [-0.2, 0) is 0 Å². The summed E-state index contributed by atoms with van der Waals surface area (Å²) in [6.07, 6.45) is 1.63. The van der Waals surface area contributed by atoms with E-state index in [1.165, 1.54) is 54.7 Å². The van der Waals surface area contributed by atoms with Crippen LogP contribution in [0.3, 0.4) is 0 Å². The zero-order valence-electron chi connectivity index (χ0n) is 30.7. The Labute approximate surface area is 327 Å². The Morgan fingerprint density at radius 2 is 0.877 bits per heavy atom. The highest BCUT2D eigenvalue weighted by Gasteiger charge is 2.18. The summed E-state index contributed by atoms with van der Waals surface area (Å²) < 4.78 is 11.1. The molecule has 0 aliphatic heterocycles. The lowest BCUT2D eigenvalue weighted by atomic mass is 10.0. The lowest BCUT2D eigenvalue weighted by molar-refractivity contribution is 0.667. The van der Waals surface area contributed by atoms with Crippen LogP contribution in [0.5, 0.6) is 0 Å². The normalized spacial score (nSPS) is 11.9. The topological polar surface area (TPSA) is 48.8 Å². The van der Waals surface area contributed by atoms with Gasteiger partial charge in [0.1, 0.15) is 23.1 Å². The van der Waals surface area contributed by atoms with Gasteiger partial charge >= 0.3 is 0 Å². The van der Waals surface area contributed by atoms with Crippen LogP contribution in [0, 0.1) is 0 Å². The van der Waals surface area contributed by atoms with Crippen molar-refractivity contribution >= 4 is 65.7 Å². The summed E-state index contributed by atoms with van der Waals surface area (Å²) in [4.78, 5) is 9.27. The first-order valence-electron chi connectivity index (χ1n) is 19.2. The average Bonchev–Trinajstić information content (AvgIpc) is 3.94. The molecule has 0 bridgehead atoms. The molecule has 0 saturated carbocycles. The molecule has 0 spiro atoms. The van der Waals surface area contributed by atoms with Crippen molar-refractivity contribution in [3.8, 4) is 44.9 Å². The number of fused-ring (bicyclic) bond motifs is 9. The molecule has 0 atom stereocenters. The van der Waals surface area contributed by atoms with Crippen LogP contribution in [-0.4, -0.2) is 19.1 Å². The second kappa shape index (κ2) is 12.4. The summed E-state index contributed by atoms with van der Waals surface area (Å²) in [6.45, 7) is 0. The minimum Gasteiger partial charge on any atom is -0.452 e. The second-order valence-corrected chi connectivity index (χ2v) is 14.6. The monoisotopic (exact) mass is 728 g/mol. The number of benzene rings is 8. The van der Waals surface area contributed by atoms with E-state index >= 15 is 0 Å².